The third-order valence-corrected chi connectivity index (χ3v) is 4.28. The Balaban J connectivity index is 1.91. The van der Waals surface area contributed by atoms with Crippen molar-refractivity contribution in [3.05, 3.63) is 18.0 Å². The van der Waals surface area contributed by atoms with Crippen LogP contribution in [0.5, 0.6) is 0 Å². The van der Waals surface area contributed by atoms with Gasteiger partial charge in [0.2, 0.25) is 0 Å². The highest BCUT2D eigenvalue weighted by atomic mass is 15.3. The van der Waals surface area contributed by atoms with Crippen LogP contribution in [-0.4, -0.2) is 33.8 Å². The van der Waals surface area contributed by atoms with Crippen LogP contribution in [0.25, 0.3) is 0 Å². The molecule has 0 bridgehead atoms. The molecule has 1 aliphatic heterocycles. The lowest BCUT2D eigenvalue weighted by Gasteiger charge is -2.41. The molecule has 1 aromatic rings. The van der Waals surface area contributed by atoms with Gasteiger partial charge in [-0.3, -0.25) is 9.58 Å². The van der Waals surface area contributed by atoms with Gasteiger partial charge < -0.3 is 5.73 Å². The summed E-state index contributed by atoms with van der Waals surface area (Å²) in [6.45, 7) is 2.02. The third-order valence-electron chi connectivity index (χ3n) is 4.28. The number of rotatable bonds is 3. The standard InChI is InChI=1S/C13H22N4/c1-16-12(6-7-15-16)13-10(9-14)3-2-8-17(13)11-4-5-11/h6-7,10-11,13H,2-5,8-9,14H2,1H3/t10-,13-/m1/s1. The first-order chi connectivity index (χ1) is 8.31. The van der Waals surface area contributed by atoms with Gasteiger partial charge in [0.05, 0.1) is 11.7 Å². The minimum absolute atomic E-state index is 0.494. The zero-order chi connectivity index (χ0) is 11.8. The van der Waals surface area contributed by atoms with Crippen LogP contribution in [0.3, 0.4) is 0 Å². The third kappa shape index (κ3) is 2.00. The molecule has 4 heteroatoms. The lowest BCUT2D eigenvalue weighted by atomic mass is 9.87. The molecule has 1 saturated heterocycles. The first-order valence-corrected chi connectivity index (χ1v) is 6.75. The molecule has 1 aromatic heterocycles. The highest BCUT2D eigenvalue weighted by molar-refractivity contribution is 5.12. The normalized spacial score (nSPS) is 30.7. The number of hydrogen-bond acceptors (Lipinski definition) is 3. The quantitative estimate of drug-likeness (QED) is 0.857. The van der Waals surface area contributed by atoms with Crippen molar-refractivity contribution >= 4 is 0 Å². The van der Waals surface area contributed by atoms with Crippen molar-refractivity contribution in [2.75, 3.05) is 13.1 Å². The molecule has 2 atom stereocenters. The van der Waals surface area contributed by atoms with Gasteiger partial charge >= 0.3 is 0 Å². The number of nitrogens with two attached hydrogens (primary N) is 1. The molecule has 4 nitrogen and oxygen atoms in total. The SMILES string of the molecule is Cn1nccc1[C@H]1[C@@H](CN)CCCN1C1CC1. The van der Waals surface area contributed by atoms with E-state index in [0.29, 0.717) is 12.0 Å². The van der Waals surface area contributed by atoms with Gasteiger partial charge in [0, 0.05) is 19.3 Å². The molecule has 3 rings (SSSR count). The molecule has 0 amide bonds. The second-order valence-electron chi connectivity index (χ2n) is 5.43. The Bertz CT molecular complexity index is 383. The van der Waals surface area contributed by atoms with E-state index in [9.17, 15) is 0 Å². The van der Waals surface area contributed by atoms with Crippen molar-refractivity contribution in [2.45, 2.75) is 37.8 Å². The molecular formula is C13H22N4. The molecular weight excluding hydrogens is 212 g/mol. The molecule has 0 radical (unpaired) electrons. The molecule has 2 heterocycles. The Hall–Kier alpha value is -0.870. The van der Waals surface area contributed by atoms with E-state index in [4.69, 9.17) is 5.73 Å². The number of nitrogens with zero attached hydrogens (tertiary/aromatic N) is 3. The Kier molecular flexibility index (Phi) is 2.92. The highest BCUT2D eigenvalue weighted by Crippen LogP contribution is 2.42. The summed E-state index contributed by atoms with van der Waals surface area (Å²) in [5.41, 5.74) is 7.32. The van der Waals surface area contributed by atoms with E-state index in [-0.39, 0.29) is 0 Å². The molecule has 2 N–H and O–H groups in total. The van der Waals surface area contributed by atoms with E-state index in [1.165, 1.54) is 37.9 Å². The lowest BCUT2D eigenvalue weighted by Crippen LogP contribution is -2.43. The monoisotopic (exact) mass is 234 g/mol. The van der Waals surface area contributed by atoms with Crippen molar-refractivity contribution in [2.24, 2.45) is 18.7 Å². The second-order valence-corrected chi connectivity index (χ2v) is 5.43. The van der Waals surface area contributed by atoms with Crippen molar-refractivity contribution in [1.82, 2.24) is 14.7 Å². The summed E-state index contributed by atoms with van der Waals surface area (Å²) in [7, 11) is 2.04. The average molecular weight is 234 g/mol. The van der Waals surface area contributed by atoms with E-state index >= 15 is 0 Å². The van der Waals surface area contributed by atoms with Crippen molar-refractivity contribution < 1.29 is 0 Å². The van der Waals surface area contributed by atoms with Crippen LogP contribution in [0.15, 0.2) is 12.3 Å². The van der Waals surface area contributed by atoms with E-state index < -0.39 is 0 Å². The van der Waals surface area contributed by atoms with Gasteiger partial charge in [0.1, 0.15) is 0 Å². The summed E-state index contributed by atoms with van der Waals surface area (Å²) in [5.74, 6) is 0.597. The molecule has 1 saturated carbocycles. The van der Waals surface area contributed by atoms with Gasteiger partial charge in [-0.15, -0.1) is 0 Å². The second kappa shape index (κ2) is 4.42. The highest BCUT2D eigenvalue weighted by Gasteiger charge is 2.40. The summed E-state index contributed by atoms with van der Waals surface area (Å²) < 4.78 is 2.02. The summed E-state index contributed by atoms with van der Waals surface area (Å²) in [6.07, 6.45) is 7.20. The van der Waals surface area contributed by atoms with Crippen LogP contribution in [0, 0.1) is 5.92 Å². The van der Waals surface area contributed by atoms with E-state index in [2.05, 4.69) is 16.1 Å². The van der Waals surface area contributed by atoms with Crippen LogP contribution >= 0.6 is 0 Å². The number of likely N-dealkylation sites (tertiary alicyclic amines) is 1. The minimum Gasteiger partial charge on any atom is -0.330 e. The summed E-state index contributed by atoms with van der Waals surface area (Å²) in [4.78, 5) is 2.68. The zero-order valence-corrected chi connectivity index (χ0v) is 10.5. The van der Waals surface area contributed by atoms with Crippen molar-refractivity contribution in [3.8, 4) is 0 Å². The minimum atomic E-state index is 0.494. The fourth-order valence-electron chi connectivity index (χ4n) is 3.25. The fourth-order valence-corrected chi connectivity index (χ4v) is 3.25. The van der Waals surface area contributed by atoms with Crippen LogP contribution < -0.4 is 5.73 Å². The van der Waals surface area contributed by atoms with Crippen molar-refractivity contribution in [3.63, 3.8) is 0 Å². The smallest absolute Gasteiger partial charge is 0.0560 e. The molecule has 0 unspecified atom stereocenters. The Morgan fingerprint density at radius 1 is 1.41 bits per heavy atom. The van der Waals surface area contributed by atoms with Crippen LogP contribution in [-0.2, 0) is 7.05 Å². The van der Waals surface area contributed by atoms with Crippen LogP contribution in [0.4, 0.5) is 0 Å². The van der Waals surface area contributed by atoms with Crippen molar-refractivity contribution in [1.29, 1.82) is 0 Å². The predicted octanol–water partition coefficient (Wildman–Crippen LogP) is 1.29. The van der Waals surface area contributed by atoms with Crippen LogP contribution in [0.1, 0.15) is 37.4 Å². The summed E-state index contributed by atoms with van der Waals surface area (Å²) >= 11 is 0. The Morgan fingerprint density at radius 3 is 2.82 bits per heavy atom. The van der Waals surface area contributed by atoms with Gasteiger partial charge in [0.25, 0.3) is 0 Å². The lowest BCUT2D eigenvalue weighted by molar-refractivity contribution is 0.0822. The molecule has 94 valence electrons. The number of aryl methyl sites for hydroxylation is 1. The number of aromatic nitrogens is 2. The predicted molar refractivity (Wildman–Crippen MR) is 67.5 cm³/mol. The summed E-state index contributed by atoms with van der Waals surface area (Å²) in [6, 6.07) is 3.46. The fraction of sp³-hybridized carbons (Fsp3) is 0.769. The molecule has 17 heavy (non-hydrogen) atoms. The Morgan fingerprint density at radius 2 is 2.24 bits per heavy atom. The number of piperidine rings is 1. The van der Waals surface area contributed by atoms with E-state index in [1.807, 2.05) is 17.9 Å². The maximum absolute atomic E-state index is 5.98. The molecule has 2 aliphatic rings. The van der Waals surface area contributed by atoms with Crippen LogP contribution in [0.2, 0.25) is 0 Å². The average Bonchev–Trinajstić information content (AvgIpc) is 3.11. The van der Waals surface area contributed by atoms with Gasteiger partial charge in [-0.2, -0.15) is 5.10 Å². The molecule has 0 spiro atoms. The topological polar surface area (TPSA) is 47.1 Å². The van der Waals surface area contributed by atoms with Gasteiger partial charge in [-0.25, -0.2) is 0 Å². The van der Waals surface area contributed by atoms with Gasteiger partial charge in [0.15, 0.2) is 0 Å². The van der Waals surface area contributed by atoms with E-state index in [1.54, 1.807) is 0 Å². The first kappa shape index (κ1) is 11.2. The van der Waals surface area contributed by atoms with E-state index in [0.717, 1.165) is 12.6 Å². The first-order valence-electron chi connectivity index (χ1n) is 6.75. The zero-order valence-electron chi connectivity index (χ0n) is 10.5. The van der Waals surface area contributed by atoms with Gasteiger partial charge in [-0.05, 0) is 50.8 Å². The maximum Gasteiger partial charge on any atom is 0.0560 e. The number of hydrogen-bond donors (Lipinski definition) is 1. The Labute approximate surface area is 103 Å². The van der Waals surface area contributed by atoms with Gasteiger partial charge in [-0.1, -0.05) is 0 Å². The summed E-state index contributed by atoms with van der Waals surface area (Å²) in [5, 5.41) is 4.32. The molecule has 0 aromatic carbocycles. The maximum atomic E-state index is 5.98. The molecule has 2 fully saturated rings. The molecule has 1 aliphatic carbocycles. The largest absolute Gasteiger partial charge is 0.330 e.